The van der Waals surface area contributed by atoms with Gasteiger partial charge in [-0.15, -0.1) is 0 Å². The van der Waals surface area contributed by atoms with Gasteiger partial charge in [0.2, 0.25) is 0 Å². The van der Waals surface area contributed by atoms with E-state index in [1.54, 1.807) is 0 Å². The van der Waals surface area contributed by atoms with E-state index in [0.29, 0.717) is 0 Å². The number of aliphatic hydroxyl groups is 4. The summed E-state index contributed by atoms with van der Waals surface area (Å²) >= 11 is 0. The van der Waals surface area contributed by atoms with Gasteiger partial charge in [-0.3, -0.25) is 0 Å². The Morgan fingerprint density at radius 1 is 1.25 bits per heavy atom. The van der Waals surface area contributed by atoms with Crippen LogP contribution in [-0.2, 0) is 0 Å². The molecule has 12 heavy (non-hydrogen) atoms. The van der Waals surface area contributed by atoms with Crippen LogP contribution >= 0.6 is 0 Å². The summed E-state index contributed by atoms with van der Waals surface area (Å²) in [6.07, 6.45) is 0.182. The lowest BCUT2D eigenvalue weighted by atomic mass is 10.2. The highest BCUT2D eigenvalue weighted by atomic mass is 16.3. The van der Waals surface area contributed by atoms with Crippen LogP contribution in [0.2, 0.25) is 0 Å². The van der Waals surface area contributed by atoms with Crippen LogP contribution in [0.1, 0.15) is 0 Å². The van der Waals surface area contributed by atoms with Crippen molar-refractivity contribution in [1.29, 1.82) is 0 Å². The molecule has 0 fully saturated rings. The standard InChI is InChI=1S/C8H12O4/c9-5-1-3-7(11)8(12)4-2-6-10/h1,3,7-12H,5-6H2. The lowest BCUT2D eigenvalue weighted by Gasteiger charge is -2.06. The topological polar surface area (TPSA) is 80.9 Å². The summed E-state index contributed by atoms with van der Waals surface area (Å²) in [7, 11) is 0. The zero-order valence-corrected chi connectivity index (χ0v) is 6.51. The maximum absolute atomic E-state index is 9.04. The maximum atomic E-state index is 9.04. The Kier molecular flexibility index (Phi) is 6.34. The van der Waals surface area contributed by atoms with Gasteiger partial charge in [-0.2, -0.15) is 0 Å². The molecule has 0 aliphatic rings. The molecule has 4 N–H and O–H groups in total. The predicted molar refractivity (Wildman–Crippen MR) is 43.1 cm³/mol. The zero-order valence-electron chi connectivity index (χ0n) is 6.51. The molecule has 0 rings (SSSR count). The summed E-state index contributed by atoms with van der Waals surface area (Å²) in [5.41, 5.74) is 0. The summed E-state index contributed by atoms with van der Waals surface area (Å²) in [5, 5.41) is 34.6. The van der Waals surface area contributed by atoms with Crippen LogP contribution in [0.4, 0.5) is 0 Å². The molecule has 2 atom stereocenters. The van der Waals surface area contributed by atoms with E-state index in [1.807, 2.05) is 0 Å². The molecule has 0 aliphatic heterocycles. The molecular weight excluding hydrogens is 160 g/mol. The summed E-state index contributed by atoms with van der Waals surface area (Å²) in [5.74, 6) is 4.42. The second kappa shape index (κ2) is 6.83. The first kappa shape index (κ1) is 11.1. The molecule has 0 saturated heterocycles. The maximum Gasteiger partial charge on any atom is 0.144 e. The van der Waals surface area contributed by atoms with Crippen molar-refractivity contribution in [3.05, 3.63) is 12.2 Å². The van der Waals surface area contributed by atoms with E-state index in [4.69, 9.17) is 20.4 Å². The Morgan fingerprint density at radius 2 is 1.92 bits per heavy atom. The molecule has 0 spiro atoms. The first-order valence-electron chi connectivity index (χ1n) is 3.45. The van der Waals surface area contributed by atoms with Crippen molar-refractivity contribution in [2.24, 2.45) is 0 Å². The van der Waals surface area contributed by atoms with E-state index in [0.717, 1.165) is 0 Å². The second-order valence-electron chi connectivity index (χ2n) is 2.03. The van der Waals surface area contributed by atoms with Gasteiger partial charge in [-0.1, -0.05) is 24.0 Å². The van der Waals surface area contributed by atoms with Crippen LogP contribution in [0.5, 0.6) is 0 Å². The van der Waals surface area contributed by atoms with Crippen LogP contribution < -0.4 is 0 Å². The molecule has 68 valence electrons. The SMILES string of the molecule is OCC#CC(O)C(O)C=CCO. The fourth-order valence-electron chi connectivity index (χ4n) is 0.541. The fourth-order valence-corrected chi connectivity index (χ4v) is 0.541. The number of rotatable bonds is 3. The van der Waals surface area contributed by atoms with Gasteiger partial charge in [-0.05, 0) is 0 Å². The molecule has 0 bridgehead atoms. The number of hydrogen-bond acceptors (Lipinski definition) is 4. The third-order valence-corrected chi connectivity index (χ3v) is 1.09. The van der Waals surface area contributed by atoms with E-state index in [2.05, 4.69) is 11.8 Å². The zero-order chi connectivity index (χ0) is 9.40. The van der Waals surface area contributed by atoms with Crippen LogP contribution in [-0.4, -0.2) is 45.8 Å². The lowest BCUT2D eigenvalue weighted by Crippen LogP contribution is -2.21. The predicted octanol–water partition coefficient (Wildman–Crippen LogP) is -1.75. The highest BCUT2D eigenvalue weighted by Crippen LogP contribution is 1.93. The molecule has 0 heterocycles. The van der Waals surface area contributed by atoms with Gasteiger partial charge in [0.05, 0.1) is 6.61 Å². The third-order valence-electron chi connectivity index (χ3n) is 1.09. The van der Waals surface area contributed by atoms with E-state index >= 15 is 0 Å². The van der Waals surface area contributed by atoms with Gasteiger partial charge >= 0.3 is 0 Å². The van der Waals surface area contributed by atoms with Crippen molar-refractivity contribution in [3.8, 4) is 11.8 Å². The highest BCUT2D eigenvalue weighted by Gasteiger charge is 2.08. The molecule has 0 aromatic carbocycles. The molecule has 0 aromatic rings. The fraction of sp³-hybridized carbons (Fsp3) is 0.500. The molecule has 0 radical (unpaired) electrons. The molecule has 2 unspecified atom stereocenters. The van der Waals surface area contributed by atoms with Crippen molar-refractivity contribution in [3.63, 3.8) is 0 Å². The Hall–Kier alpha value is -0.860. The summed E-state index contributed by atoms with van der Waals surface area (Å²) in [4.78, 5) is 0. The largest absolute Gasteiger partial charge is 0.392 e. The van der Waals surface area contributed by atoms with Crippen LogP contribution in [0.3, 0.4) is 0 Å². The van der Waals surface area contributed by atoms with Gasteiger partial charge in [0.15, 0.2) is 0 Å². The average molecular weight is 172 g/mol. The minimum atomic E-state index is -1.22. The lowest BCUT2D eigenvalue weighted by molar-refractivity contribution is 0.0864. The Balaban J connectivity index is 3.91. The molecule has 0 aliphatic carbocycles. The minimum Gasteiger partial charge on any atom is -0.392 e. The minimum absolute atomic E-state index is 0.197. The molecule has 0 aromatic heterocycles. The number of aliphatic hydroxyl groups excluding tert-OH is 4. The van der Waals surface area contributed by atoms with Crippen LogP contribution in [0, 0.1) is 11.8 Å². The normalized spacial score (nSPS) is 15.3. The van der Waals surface area contributed by atoms with Gasteiger partial charge < -0.3 is 20.4 Å². The molecular formula is C8H12O4. The smallest absolute Gasteiger partial charge is 0.144 e. The van der Waals surface area contributed by atoms with Crippen molar-refractivity contribution < 1.29 is 20.4 Å². The Bertz CT molecular complexity index is 189. The van der Waals surface area contributed by atoms with Gasteiger partial charge in [-0.25, -0.2) is 0 Å². The van der Waals surface area contributed by atoms with Crippen LogP contribution in [0.25, 0.3) is 0 Å². The number of hydrogen-bond donors (Lipinski definition) is 4. The second-order valence-corrected chi connectivity index (χ2v) is 2.03. The first-order chi connectivity index (χ1) is 5.72. The monoisotopic (exact) mass is 172 g/mol. The molecule has 0 saturated carbocycles. The van der Waals surface area contributed by atoms with E-state index in [-0.39, 0.29) is 13.2 Å². The van der Waals surface area contributed by atoms with Gasteiger partial charge in [0.1, 0.15) is 18.8 Å². The van der Waals surface area contributed by atoms with Crippen molar-refractivity contribution in [2.75, 3.05) is 13.2 Å². The summed E-state index contributed by atoms with van der Waals surface area (Å²) in [6, 6.07) is 0. The van der Waals surface area contributed by atoms with Gasteiger partial charge in [0.25, 0.3) is 0 Å². The van der Waals surface area contributed by atoms with Crippen molar-refractivity contribution in [1.82, 2.24) is 0 Å². The molecule has 4 heteroatoms. The van der Waals surface area contributed by atoms with E-state index < -0.39 is 12.2 Å². The summed E-state index contributed by atoms with van der Waals surface area (Å²) in [6.45, 7) is -0.551. The third kappa shape index (κ3) is 4.88. The highest BCUT2D eigenvalue weighted by molar-refractivity contribution is 5.10. The van der Waals surface area contributed by atoms with E-state index in [9.17, 15) is 0 Å². The quantitative estimate of drug-likeness (QED) is 0.301. The van der Waals surface area contributed by atoms with Crippen molar-refractivity contribution >= 4 is 0 Å². The van der Waals surface area contributed by atoms with Gasteiger partial charge in [0, 0.05) is 0 Å². The van der Waals surface area contributed by atoms with Crippen molar-refractivity contribution in [2.45, 2.75) is 12.2 Å². The average Bonchev–Trinajstić information content (AvgIpc) is 2.10. The van der Waals surface area contributed by atoms with E-state index in [1.165, 1.54) is 12.2 Å². The first-order valence-corrected chi connectivity index (χ1v) is 3.45. The Labute approximate surface area is 70.8 Å². The molecule has 4 nitrogen and oxygen atoms in total. The molecule has 0 amide bonds. The Morgan fingerprint density at radius 3 is 2.42 bits per heavy atom. The van der Waals surface area contributed by atoms with Crippen LogP contribution in [0.15, 0.2) is 12.2 Å². The summed E-state index contributed by atoms with van der Waals surface area (Å²) < 4.78 is 0.